The normalized spacial score (nSPS) is 10.6. The summed E-state index contributed by atoms with van der Waals surface area (Å²) in [5.74, 6) is -1.97. The number of ketones is 1. The van der Waals surface area contributed by atoms with Gasteiger partial charge in [-0.25, -0.2) is 8.78 Å². The molecule has 0 bridgehead atoms. The summed E-state index contributed by atoms with van der Waals surface area (Å²) in [4.78, 5) is 13.4. The van der Waals surface area contributed by atoms with Crippen LogP contribution in [0.15, 0.2) is 28.7 Å². The molecule has 0 radical (unpaired) electrons. The summed E-state index contributed by atoms with van der Waals surface area (Å²) in [6.45, 7) is 1.85. The van der Waals surface area contributed by atoms with Gasteiger partial charge >= 0.3 is 0 Å². The predicted molar refractivity (Wildman–Crippen MR) is 66.5 cm³/mol. The van der Waals surface area contributed by atoms with Crippen molar-refractivity contribution in [2.75, 3.05) is 0 Å². The van der Waals surface area contributed by atoms with Gasteiger partial charge in [0, 0.05) is 15.4 Å². The molecule has 0 aliphatic carbocycles. The first-order chi connectivity index (χ1) is 7.99. The molecule has 0 aliphatic rings. The summed E-state index contributed by atoms with van der Waals surface area (Å²) in [6, 6.07) is 4.74. The average molecular weight is 317 g/mol. The highest BCUT2D eigenvalue weighted by Crippen LogP contribution is 2.29. The van der Waals surface area contributed by atoms with E-state index in [-0.39, 0.29) is 5.56 Å². The minimum atomic E-state index is -0.840. The Bertz CT molecular complexity index is 592. The smallest absolute Gasteiger partial charge is 0.207 e. The standard InChI is InChI=1S/C12H7BrF2OS/c1-6-4-9(13)12(17-6)11(16)8-3-2-7(14)5-10(8)15/h2-5H,1H3. The van der Waals surface area contributed by atoms with Gasteiger partial charge < -0.3 is 0 Å². The van der Waals surface area contributed by atoms with Crippen LogP contribution >= 0.6 is 27.3 Å². The van der Waals surface area contributed by atoms with Gasteiger partial charge in [-0.15, -0.1) is 11.3 Å². The Hall–Kier alpha value is -1.07. The number of carbonyl (C=O) groups is 1. The first-order valence-corrected chi connectivity index (χ1v) is 6.35. The van der Waals surface area contributed by atoms with Crippen LogP contribution in [0.4, 0.5) is 8.78 Å². The molecule has 1 aromatic carbocycles. The quantitative estimate of drug-likeness (QED) is 0.754. The number of benzene rings is 1. The van der Waals surface area contributed by atoms with Crippen LogP contribution in [0.1, 0.15) is 20.1 Å². The Morgan fingerprint density at radius 1 is 1.29 bits per heavy atom. The Balaban J connectivity index is 2.47. The van der Waals surface area contributed by atoms with Gasteiger partial charge in [0.2, 0.25) is 5.78 Å². The van der Waals surface area contributed by atoms with Crippen molar-refractivity contribution in [3.8, 4) is 0 Å². The Labute approximate surface area is 109 Å². The summed E-state index contributed by atoms with van der Waals surface area (Å²) in [5.41, 5.74) is -0.117. The molecular formula is C12H7BrF2OS. The molecule has 17 heavy (non-hydrogen) atoms. The fourth-order valence-corrected chi connectivity index (χ4v) is 3.21. The van der Waals surface area contributed by atoms with E-state index in [1.165, 1.54) is 11.3 Å². The molecule has 0 saturated heterocycles. The van der Waals surface area contributed by atoms with Crippen molar-refractivity contribution in [3.63, 3.8) is 0 Å². The fraction of sp³-hybridized carbons (Fsp3) is 0.0833. The lowest BCUT2D eigenvalue weighted by Gasteiger charge is -2.01. The summed E-state index contributed by atoms with van der Waals surface area (Å²) in [6.07, 6.45) is 0. The van der Waals surface area contributed by atoms with E-state index >= 15 is 0 Å². The molecule has 0 fully saturated rings. The van der Waals surface area contributed by atoms with E-state index in [1.807, 2.05) is 6.92 Å². The maximum absolute atomic E-state index is 13.5. The molecule has 1 aromatic heterocycles. The highest BCUT2D eigenvalue weighted by molar-refractivity contribution is 9.10. The SMILES string of the molecule is Cc1cc(Br)c(C(=O)c2ccc(F)cc2F)s1. The molecule has 0 N–H and O–H groups in total. The fourth-order valence-electron chi connectivity index (χ4n) is 1.43. The summed E-state index contributed by atoms with van der Waals surface area (Å²) < 4.78 is 26.8. The lowest BCUT2D eigenvalue weighted by molar-refractivity contribution is 0.103. The van der Waals surface area contributed by atoms with E-state index in [0.717, 1.165) is 17.0 Å². The number of hydrogen-bond donors (Lipinski definition) is 0. The van der Waals surface area contributed by atoms with Crippen molar-refractivity contribution in [2.45, 2.75) is 6.92 Å². The van der Waals surface area contributed by atoms with Crippen LogP contribution in [0.2, 0.25) is 0 Å². The summed E-state index contributed by atoms with van der Waals surface area (Å²) in [5, 5.41) is 0. The number of aryl methyl sites for hydroxylation is 1. The largest absolute Gasteiger partial charge is 0.288 e. The first kappa shape index (κ1) is 12.4. The Morgan fingerprint density at radius 3 is 2.53 bits per heavy atom. The zero-order valence-corrected chi connectivity index (χ0v) is 11.2. The predicted octanol–water partition coefficient (Wildman–Crippen LogP) is 4.33. The van der Waals surface area contributed by atoms with E-state index in [2.05, 4.69) is 15.9 Å². The molecular weight excluding hydrogens is 310 g/mol. The number of carbonyl (C=O) groups excluding carboxylic acids is 1. The molecule has 0 atom stereocenters. The van der Waals surface area contributed by atoms with Gasteiger partial charge in [0.1, 0.15) is 11.6 Å². The Morgan fingerprint density at radius 2 is 2.00 bits per heavy atom. The second-order valence-corrected chi connectivity index (χ2v) is 5.60. The van der Waals surface area contributed by atoms with Crippen molar-refractivity contribution in [3.05, 3.63) is 55.7 Å². The molecule has 0 unspecified atom stereocenters. The van der Waals surface area contributed by atoms with E-state index in [4.69, 9.17) is 0 Å². The van der Waals surface area contributed by atoms with E-state index in [9.17, 15) is 13.6 Å². The van der Waals surface area contributed by atoms with E-state index < -0.39 is 17.4 Å². The molecule has 5 heteroatoms. The van der Waals surface area contributed by atoms with Crippen LogP contribution in [0.5, 0.6) is 0 Å². The van der Waals surface area contributed by atoms with Crippen molar-refractivity contribution < 1.29 is 13.6 Å². The van der Waals surface area contributed by atoms with Gasteiger partial charge in [-0.05, 0) is 41.1 Å². The second kappa shape index (κ2) is 4.66. The summed E-state index contributed by atoms with van der Waals surface area (Å²) in [7, 11) is 0. The summed E-state index contributed by atoms with van der Waals surface area (Å²) >= 11 is 4.52. The third-order valence-electron chi connectivity index (χ3n) is 2.19. The van der Waals surface area contributed by atoms with Crippen LogP contribution in [0, 0.1) is 18.6 Å². The molecule has 2 rings (SSSR count). The second-order valence-electron chi connectivity index (χ2n) is 3.49. The van der Waals surface area contributed by atoms with Crippen LogP contribution in [-0.4, -0.2) is 5.78 Å². The zero-order chi connectivity index (χ0) is 12.6. The van der Waals surface area contributed by atoms with Crippen LogP contribution < -0.4 is 0 Å². The van der Waals surface area contributed by atoms with Gasteiger partial charge in [-0.3, -0.25) is 4.79 Å². The van der Waals surface area contributed by atoms with Gasteiger partial charge in [0.25, 0.3) is 0 Å². The maximum atomic E-state index is 13.5. The van der Waals surface area contributed by atoms with Crippen molar-refractivity contribution in [2.24, 2.45) is 0 Å². The molecule has 0 amide bonds. The molecule has 1 nitrogen and oxygen atoms in total. The van der Waals surface area contributed by atoms with Gasteiger partial charge in [-0.2, -0.15) is 0 Å². The maximum Gasteiger partial charge on any atom is 0.207 e. The Kier molecular flexibility index (Phi) is 3.40. The monoisotopic (exact) mass is 316 g/mol. The zero-order valence-electron chi connectivity index (χ0n) is 8.76. The van der Waals surface area contributed by atoms with Crippen molar-refractivity contribution in [1.29, 1.82) is 0 Å². The molecule has 2 aromatic rings. The van der Waals surface area contributed by atoms with Gasteiger partial charge in [-0.1, -0.05) is 0 Å². The van der Waals surface area contributed by atoms with Crippen molar-refractivity contribution >= 4 is 33.0 Å². The molecule has 0 spiro atoms. The number of thiophene rings is 1. The third-order valence-corrected chi connectivity index (χ3v) is 4.13. The molecule has 0 aliphatic heterocycles. The van der Waals surface area contributed by atoms with Crippen LogP contribution in [-0.2, 0) is 0 Å². The lowest BCUT2D eigenvalue weighted by atomic mass is 10.1. The number of rotatable bonds is 2. The topological polar surface area (TPSA) is 17.1 Å². The molecule has 88 valence electrons. The minimum Gasteiger partial charge on any atom is -0.288 e. The lowest BCUT2D eigenvalue weighted by Crippen LogP contribution is -2.03. The van der Waals surface area contributed by atoms with Crippen molar-refractivity contribution in [1.82, 2.24) is 0 Å². The highest BCUT2D eigenvalue weighted by atomic mass is 79.9. The van der Waals surface area contributed by atoms with E-state index in [1.54, 1.807) is 6.07 Å². The van der Waals surface area contributed by atoms with Gasteiger partial charge in [0.05, 0.1) is 10.4 Å². The van der Waals surface area contributed by atoms with Crippen LogP contribution in [0.3, 0.4) is 0 Å². The van der Waals surface area contributed by atoms with Gasteiger partial charge in [0.15, 0.2) is 0 Å². The first-order valence-electron chi connectivity index (χ1n) is 4.74. The number of halogens is 3. The highest BCUT2D eigenvalue weighted by Gasteiger charge is 2.19. The number of hydrogen-bond acceptors (Lipinski definition) is 2. The van der Waals surface area contributed by atoms with E-state index in [0.29, 0.717) is 15.4 Å². The molecule has 1 heterocycles. The molecule has 0 saturated carbocycles. The van der Waals surface area contributed by atoms with Crippen LogP contribution in [0.25, 0.3) is 0 Å². The average Bonchev–Trinajstić information content (AvgIpc) is 2.57. The third kappa shape index (κ3) is 2.45. The minimum absolute atomic E-state index is 0.117.